The van der Waals surface area contributed by atoms with Gasteiger partial charge in [-0.2, -0.15) is 0 Å². The van der Waals surface area contributed by atoms with E-state index >= 15 is 0 Å². The first-order valence-electron chi connectivity index (χ1n) is 8.52. The van der Waals surface area contributed by atoms with Crippen LogP contribution in [-0.4, -0.2) is 62.3 Å². The van der Waals surface area contributed by atoms with Crippen molar-refractivity contribution in [1.29, 1.82) is 0 Å². The van der Waals surface area contributed by atoms with Crippen molar-refractivity contribution in [1.82, 2.24) is 15.3 Å². The molecule has 0 radical (unpaired) electrons. The maximum atomic E-state index is 12.1. The fraction of sp³-hybridized carbons (Fsp3) is 0.389. The largest absolute Gasteiger partial charge is 0.383 e. The summed E-state index contributed by atoms with van der Waals surface area (Å²) in [6.45, 7) is 4.27. The number of halogens is 1. The number of ether oxygens (including phenoxy) is 1. The number of nitrogens with zero attached hydrogens (tertiary/aromatic N) is 4. The van der Waals surface area contributed by atoms with Crippen LogP contribution in [0, 0.1) is 0 Å². The minimum absolute atomic E-state index is 0.219. The van der Waals surface area contributed by atoms with E-state index in [-0.39, 0.29) is 5.91 Å². The number of hydrogen-bond acceptors (Lipinski definition) is 6. The molecule has 1 fully saturated rings. The number of anilines is 2. The number of carbonyl (C=O) groups is 1. The van der Waals surface area contributed by atoms with Gasteiger partial charge in [0.05, 0.1) is 6.61 Å². The second-order valence-electron chi connectivity index (χ2n) is 5.96. The van der Waals surface area contributed by atoms with Crippen LogP contribution in [0.5, 0.6) is 0 Å². The standard InChI is InChI=1S/C18H22ClN5O2/c1-26-10-5-20-18(25)16-12-17(22-13-21-16)24-8-6-23(7-9-24)15-4-2-3-14(19)11-15/h2-4,11-13H,5-10H2,1H3,(H,20,25). The average molecular weight is 376 g/mol. The van der Waals surface area contributed by atoms with Gasteiger partial charge in [-0.1, -0.05) is 17.7 Å². The Balaban J connectivity index is 1.61. The highest BCUT2D eigenvalue weighted by atomic mass is 35.5. The highest BCUT2D eigenvalue weighted by Crippen LogP contribution is 2.22. The number of benzene rings is 1. The van der Waals surface area contributed by atoms with Gasteiger partial charge in [0.15, 0.2) is 0 Å². The number of methoxy groups -OCH3 is 1. The Kier molecular flexibility index (Phi) is 6.25. The van der Waals surface area contributed by atoms with Crippen LogP contribution in [0.15, 0.2) is 36.7 Å². The molecule has 1 aromatic heterocycles. The van der Waals surface area contributed by atoms with Crippen LogP contribution in [-0.2, 0) is 4.74 Å². The molecule has 1 amide bonds. The van der Waals surface area contributed by atoms with Gasteiger partial charge in [-0.3, -0.25) is 4.79 Å². The molecular formula is C18H22ClN5O2. The summed E-state index contributed by atoms with van der Waals surface area (Å²) < 4.78 is 4.93. The molecule has 0 spiro atoms. The summed E-state index contributed by atoms with van der Waals surface area (Å²) in [5.41, 5.74) is 1.49. The lowest BCUT2D eigenvalue weighted by molar-refractivity contribution is 0.0932. The van der Waals surface area contributed by atoms with E-state index in [1.807, 2.05) is 18.2 Å². The lowest BCUT2D eigenvalue weighted by atomic mass is 10.2. The van der Waals surface area contributed by atoms with Gasteiger partial charge in [0.2, 0.25) is 0 Å². The molecule has 0 unspecified atom stereocenters. The Morgan fingerprint density at radius 1 is 1.19 bits per heavy atom. The number of amides is 1. The van der Waals surface area contributed by atoms with E-state index in [0.29, 0.717) is 18.8 Å². The predicted octanol–water partition coefficient (Wildman–Crippen LogP) is 1.83. The summed E-state index contributed by atoms with van der Waals surface area (Å²) in [4.78, 5) is 25.0. The monoisotopic (exact) mass is 375 g/mol. The quantitative estimate of drug-likeness (QED) is 0.777. The molecule has 1 aliphatic rings. The molecule has 0 bridgehead atoms. The molecule has 0 aliphatic carbocycles. The van der Waals surface area contributed by atoms with Crippen molar-refractivity contribution >= 4 is 29.0 Å². The molecular weight excluding hydrogens is 354 g/mol. The maximum Gasteiger partial charge on any atom is 0.270 e. The fourth-order valence-corrected chi connectivity index (χ4v) is 3.05. The first-order valence-corrected chi connectivity index (χ1v) is 8.90. The van der Waals surface area contributed by atoms with Gasteiger partial charge in [-0.15, -0.1) is 0 Å². The number of nitrogens with one attached hydrogen (secondary N) is 1. The molecule has 2 heterocycles. The summed E-state index contributed by atoms with van der Waals surface area (Å²) in [6, 6.07) is 9.61. The second kappa shape index (κ2) is 8.82. The molecule has 1 saturated heterocycles. The number of piperazine rings is 1. The van der Waals surface area contributed by atoms with Crippen molar-refractivity contribution in [3.05, 3.63) is 47.4 Å². The van der Waals surface area contributed by atoms with Gasteiger partial charge >= 0.3 is 0 Å². The van der Waals surface area contributed by atoms with E-state index in [0.717, 1.165) is 42.7 Å². The zero-order valence-electron chi connectivity index (χ0n) is 14.7. The SMILES string of the molecule is COCCNC(=O)c1cc(N2CCN(c3cccc(Cl)c3)CC2)ncn1. The van der Waals surface area contributed by atoms with E-state index in [4.69, 9.17) is 16.3 Å². The molecule has 3 rings (SSSR count). The number of hydrogen-bond donors (Lipinski definition) is 1. The van der Waals surface area contributed by atoms with Crippen LogP contribution in [0.25, 0.3) is 0 Å². The Bertz CT molecular complexity index is 750. The molecule has 0 saturated carbocycles. The molecule has 26 heavy (non-hydrogen) atoms. The molecule has 1 N–H and O–H groups in total. The van der Waals surface area contributed by atoms with Crippen LogP contribution in [0.4, 0.5) is 11.5 Å². The first-order chi connectivity index (χ1) is 12.7. The van der Waals surface area contributed by atoms with Crippen molar-refractivity contribution in [2.45, 2.75) is 0 Å². The van der Waals surface area contributed by atoms with Gasteiger partial charge in [0, 0.05) is 56.6 Å². The van der Waals surface area contributed by atoms with Crippen LogP contribution in [0.2, 0.25) is 5.02 Å². The zero-order valence-corrected chi connectivity index (χ0v) is 15.4. The van der Waals surface area contributed by atoms with E-state index in [9.17, 15) is 4.79 Å². The average Bonchev–Trinajstić information content (AvgIpc) is 2.68. The van der Waals surface area contributed by atoms with E-state index < -0.39 is 0 Å². The summed E-state index contributed by atoms with van der Waals surface area (Å²) >= 11 is 6.08. The van der Waals surface area contributed by atoms with Crippen molar-refractivity contribution in [3.8, 4) is 0 Å². The van der Waals surface area contributed by atoms with Crippen molar-refractivity contribution in [3.63, 3.8) is 0 Å². The summed E-state index contributed by atoms with van der Waals surface area (Å²) in [6.07, 6.45) is 1.43. The van der Waals surface area contributed by atoms with Gasteiger partial charge in [-0.05, 0) is 18.2 Å². The molecule has 1 aliphatic heterocycles. The Hall–Kier alpha value is -2.38. The normalized spacial score (nSPS) is 14.4. The fourth-order valence-electron chi connectivity index (χ4n) is 2.87. The molecule has 2 aromatic rings. The summed E-state index contributed by atoms with van der Waals surface area (Å²) in [7, 11) is 1.60. The Morgan fingerprint density at radius 3 is 2.69 bits per heavy atom. The molecule has 0 atom stereocenters. The summed E-state index contributed by atoms with van der Waals surface area (Å²) in [5.74, 6) is 0.547. The van der Waals surface area contributed by atoms with E-state index in [1.54, 1.807) is 13.2 Å². The number of rotatable bonds is 6. The second-order valence-corrected chi connectivity index (χ2v) is 6.40. The van der Waals surface area contributed by atoms with Crippen molar-refractivity contribution in [2.75, 3.05) is 56.2 Å². The minimum atomic E-state index is -0.219. The van der Waals surface area contributed by atoms with Crippen LogP contribution < -0.4 is 15.1 Å². The van der Waals surface area contributed by atoms with Gasteiger partial charge < -0.3 is 19.9 Å². The maximum absolute atomic E-state index is 12.1. The Labute approximate surface area is 157 Å². The zero-order chi connectivity index (χ0) is 18.4. The van der Waals surface area contributed by atoms with Gasteiger partial charge in [-0.25, -0.2) is 9.97 Å². The van der Waals surface area contributed by atoms with Crippen molar-refractivity contribution in [2.24, 2.45) is 0 Å². The number of carbonyl (C=O) groups excluding carboxylic acids is 1. The smallest absolute Gasteiger partial charge is 0.270 e. The third-order valence-electron chi connectivity index (χ3n) is 4.25. The van der Waals surface area contributed by atoms with E-state index in [1.165, 1.54) is 6.33 Å². The third-order valence-corrected chi connectivity index (χ3v) is 4.49. The predicted molar refractivity (Wildman–Crippen MR) is 102 cm³/mol. The lowest BCUT2D eigenvalue weighted by Gasteiger charge is -2.36. The Morgan fingerprint density at radius 2 is 1.96 bits per heavy atom. The molecule has 7 nitrogen and oxygen atoms in total. The highest BCUT2D eigenvalue weighted by Gasteiger charge is 2.19. The summed E-state index contributed by atoms with van der Waals surface area (Å²) in [5, 5.41) is 3.51. The molecule has 138 valence electrons. The van der Waals surface area contributed by atoms with Crippen LogP contribution >= 0.6 is 11.6 Å². The minimum Gasteiger partial charge on any atom is -0.383 e. The van der Waals surface area contributed by atoms with Gasteiger partial charge in [0.1, 0.15) is 17.8 Å². The van der Waals surface area contributed by atoms with Crippen molar-refractivity contribution < 1.29 is 9.53 Å². The van der Waals surface area contributed by atoms with Gasteiger partial charge in [0.25, 0.3) is 5.91 Å². The highest BCUT2D eigenvalue weighted by molar-refractivity contribution is 6.30. The van der Waals surface area contributed by atoms with Crippen LogP contribution in [0.1, 0.15) is 10.5 Å². The molecule has 1 aromatic carbocycles. The number of aromatic nitrogens is 2. The molecule has 8 heteroatoms. The topological polar surface area (TPSA) is 70.6 Å². The third kappa shape index (κ3) is 4.62. The first kappa shape index (κ1) is 18.4. The lowest BCUT2D eigenvalue weighted by Crippen LogP contribution is -2.47. The van der Waals surface area contributed by atoms with E-state index in [2.05, 4.69) is 31.2 Å². The van der Waals surface area contributed by atoms with Crippen LogP contribution in [0.3, 0.4) is 0 Å².